The number of unbranched alkanes of at least 4 members (excludes halogenated alkanes) is 14. The van der Waals surface area contributed by atoms with Crippen LogP contribution in [0.3, 0.4) is 0 Å². The fourth-order valence-electron chi connectivity index (χ4n) is 3.61. The maximum Gasteiger partial charge on any atom is 0.123 e. The van der Waals surface area contributed by atoms with Crippen molar-refractivity contribution in [2.24, 2.45) is 5.92 Å². The first kappa shape index (κ1) is 27.1. The number of hydrogen-bond acceptors (Lipinski definition) is 1. The van der Waals surface area contributed by atoms with E-state index in [9.17, 15) is 4.79 Å². The minimum absolute atomic E-state index is 0.202. The lowest BCUT2D eigenvalue weighted by atomic mass is 10.00. The standard InChI is InChI=1S/C27H50O/c1-3-5-7-9-11-13-15-17-19-21-23-25-27(26-28)24-22-20-18-16-14-12-10-8-6-4-2/h19-22,26-27H,3-18,23-25H2,1-2H3. The van der Waals surface area contributed by atoms with Crippen LogP contribution in [0.15, 0.2) is 24.3 Å². The van der Waals surface area contributed by atoms with E-state index in [1.54, 1.807) is 0 Å². The Morgan fingerprint density at radius 1 is 0.536 bits per heavy atom. The Morgan fingerprint density at radius 3 is 1.46 bits per heavy atom. The van der Waals surface area contributed by atoms with Gasteiger partial charge in [0.25, 0.3) is 0 Å². The second kappa shape index (κ2) is 24.2. The SMILES string of the molecule is CCCCCCCCCC=CCCC(C=O)CC=CCCCCCCCCC. The van der Waals surface area contributed by atoms with E-state index in [0.29, 0.717) is 0 Å². The van der Waals surface area contributed by atoms with Crippen LogP contribution in [0.2, 0.25) is 0 Å². The van der Waals surface area contributed by atoms with Gasteiger partial charge in [0, 0.05) is 5.92 Å². The highest BCUT2D eigenvalue weighted by atomic mass is 16.1. The molecule has 1 heteroatoms. The van der Waals surface area contributed by atoms with Crippen molar-refractivity contribution in [2.45, 2.75) is 136 Å². The van der Waals surface area contributed by atoms with E-state index in [1.165, 1.54) is 103 Å². The molecule has 0 rings (SSSR count). The van der Waals surface area contributed by atoms with E-state index in [4.69, 9.17) is 0 Å². The van der Waals surface area contributed by atoms with Gasteiger partial charge in [-0.25, -0.2) is 0 Å². The molecule has 0 aliphatic carbocycles. The Balaban J connectivity index is 3.48. The fourth-order valence-corrected chi connectivity index (χ4v) is 3.61. The molecule has 0 aromatic heterocycles. The van der Waals surface area contributed by atoms with Gasteiger partial charge in [0.05, 0.1) is 0 Å². The molecule has 1 unspecified atom stereocenters. The van der Waals surface area contributed by atoms with Gasteiger partial charge in [-0.1, -0.05) is 115 Å². The third-order valence-electron chi connectivity index (χ3n) is 5.62. The predicted octanol–water partition coefficient (Wildman–Crippen LogP) is 9.37. The van der Waals surface area contributed by atoms with Crippen LogP contribution in [0.1, 0.15) is 136 Å². The van der Waals surface area contributed by atoms with Crippen LogP contribution in [0.25, 0.3) is 0 Å². The number of allylic oxidation sites excluding steroid dienone is 4. The molecule has 1 atom stereocenters. The van der Waals surface area contributed by atoms with E-state index in [0.717, 1.165) is 25.5 Å². The lowest BCUT2D eigenvalue weighted by Gasteiger charge is -2.05. The summed E-state index contributed by atoms with van der Waals surface area (Å²) in [6, 6.07) is 0. The topological polar surface area (TPSA) is 17.1 Å². The van der Waals surface area contributed by atoms with Crippen molar-refractivity contribution in [2.75, 3.05) is 0 Å². The second-order valence-corrected chi connectivity index (χ2v) is 8.47. The molecule has 0 spiro atoms. The number of rotatable bonds is 22. The van der Waals surface area contributed by atoms with Crippen LogP contribution in [-0.2, 0) is 4.79 Å². The molecule has 0 aromatic carbocycles. The van der Waals surface area contributed by atoms with Crippen LogP contribution >= 0.6 is 0 Å². The minimum Gasteiger partial charge on any atom is -0.303 e. The van der Waals surface area contributed by atoms with Crippen LogP contribution < -0.4 is 0 Å². The number of hydrogen-bond donors (Lipinski definition) is 0. The summed E-state index contributed by atoms with van der Waals surface area (Å²) in [5.41, 5.74) is 0. The van der Waals surface area contributed by atoms with Crippen LogP contribution in [0.4, 0.5) is 0 Å². The molecule has 0 radical (unpaired) electrons. The van der Waals surface area contributed by atoms with Crippen LogP contribution in [0.5, 0.6) is 0 Å². The average Bonchev–Trinajstić information content (AvgIpc) is 2.71. The third kappa shape index (κ3) is 21.5. The van der Waals surface area contributed by atoms with E-state index in [1.807, 2.05) is 0 Å². The van der Waals surface area contributed by atoms with Gasteiger partial charge < -0.3 is 4.79 Å². The first-order chi connectivity index (χ1) is 13.8. The summed E-state index contributed by atoms with van der Waals surface area (Å²) in [5.74, 6) is 0.202. The smallest absolute Gasteiger partial charge is 0.123 e. The zero-order valence-corrected chi connectivity index (χ0v) is 19.3. The molecule has 0 saturated carbocycles. The van der Waals surface area contributed by atoms with Gasteiger partial charge in [-0.2, -0.15) is 0 Å². The molecule has 164 valence electrons. The largest absolute Gasteiger partial charge is 0.303 e. The lowest BCUT2D eigenvalue weighted by Crippen LogP contribution is -1.99. The van der Waals surface area contributed by atoms with E-state index < -0.39 is 0 Å². The summed E-state index contributed by atoms with van der Waals surface area (Å²) in [5, 5.41) is 0. The summed E-state index contributed by atoms with van der Waals surface area (Å²) in [6.07, 6.45) is 34.8. The summed E-state index contributed by atoms with van der Waals surface area (Å²) in [7, 11) is 0. The molecule has 0 N–H and O–H groups in total. The highest BCUT2D eigenvalue weighted by Crippen LogP contribution is 2.13. The van der Waals surface area contributed by atoms with Crippen molar-refractivity contribution in [3.63, 3.8) is 0 Å². The monoisotopic (exact) mass is 390 g/mol. The van der Waals surface area contributed by atoms with Gasteiger partial charge in [0.15, 0.2) is 0 Å². The normalized spacial score (nSPS) is 12.9. The third-order valence-corrected chi connectivity index (χ3v) is 5.62. The van der Waals surface area contributed by atoms with Gasteiger partial charge in [-0.05, 0) is 44.9 Å². The Morgan fingerprint density at radius 2 is 0.964 bits per heavy atom. The van der Waals surface area contributed by atoms with Crippen LogP contribution in [0, 0.1) is 5.92 Å². The number of carbonyl (C=O) groups is 1. The van der Waals surface area contributed by atoms with Crippen molar-refractivity contribution >= 4 is 6.29 Å². The molecule has 0 fully saturated rings. The molecule has 0 amide bonds. The molecule has 28 heavy (non-hydrogen) atoms. The molecular formula is C27H50O. The van der Waals surface area contributed by atoms with E-state index in [-0.39, 0.29) is 5.92 Å². The summed E-state index contributed by atoms with van der Waals surface area (Å²) < 4.78 is 0. The maximum absolute atomic E-state index is 11.3. The maximum atomic E-state index is 11.3. The molecular weight excluding hydrogens is 340 g/mol. The predicted molar refractivity (Wildman–Crippen MR) is 127 cm³/mol. The van der Waals surface area contributed by atoms with Gasteiger partial charge in [-0.3, -0.25) is 0 Å². The Hall–Kier alpha value is -0.850. The van der Waals surface area contributed by atoms with Gasteiger partial charge in [0.1, 0.15) is 6.29 Å². The highest BCUT2D eigenvalue weighted by Gasteiger charge is 2.03. The Bertz CT molecular complexity index is 355. The molecule has 0 aliphatic heterocycles. The summed E-state index contributed by atoms with van der Waals surface area (Å²) >= 11 is 0. The van der Waals surface area contributed by atoms with Crippen molar-refractivity contribution < 1.29 is 4.79 Å². The number of carbonyl (C=O) groups excluding carboxylic acids is 1. The van der Waals surface area contributed by atoms with E-state index >= 15 is 0 Å². The lowest BCUT2D eigenvalue weighted by molar-refractivity contribution is -0.111. The zero-order chi connectivity index (χ0) is 20.5. The Labute approximate surface area is 177 Å². The quantitative estimate of drug-likeness (QED) is 0.102. The summed E-state index contributed by atoms with van der Waals surface area (Å²) in [4.78, 5) is 11.3. The van der Waals surface area contributed by atoms with Crippen molar-refractivity contribution in [3.05, 3.63) is 24.3 Å². The molecule has 0 heterocycles. The second-order valence-electron chi connectivity index (χ2n) is 8.47. The van der Waals surface area contributed by atoms with Crippen molar-refractivity contribution in [1.29, 1.82) is 0 Å². The average molecular weight is 391 g/mol. The van der Waals surface area contributed by atoms with Crippen molar-refractivity contribution in [3.8, 4) is 0 Å². The van der Waals surface area contributed by atoms with Crippen molar-refractivity contribution in [1.82, 2.24) is 0 Å². The molecule has 0 saturated heterocycles. The van der Waals surface area contributed by atoms with E-state index in [2.05, 4.69) is 38.2 Å². The zero-order valence-electron chi connectivity index (χ0n) is 19.3. The van der Waals surface area contributed by atoms with Gasteiger partial charge >= 0.3 is 0 Å². The van der Waals surface area contributed by atoms with Crippen LogP contribution in [-0.4, -0.2) is 6.29 Å². The van der Waals surface area contributed by atoms with Gasteiger partial charge in [-0.15, -0.1) is 0 Å². The minimum atomic E-state index is 0.202. The molecule has 0 aliphatic rings. The molecule has 1 nitrogen and oxygen atoms in total. The first-order valence-corrected chi connectivity index (χ1v) is 12.6. The molecule has 0 aromatic rings. The Kier molecular flexibility index (Phi) is 23.5. The fraction of sp³-hybridized carbons (Fsp3) is 0.815. The molecule has 0 bridgehead atoms. The summed E-state index contributed by atoms with van der Waals surface area (Å²) in [6.45, 7) is 4.54. The highest BCUT2D eigenvalue weighted by molar-refractivity contribution is 5.53. The van der Waals surface area contributed by atoms with Gasteiger partial charge in [0.2, 0.25) is 0 Å². The number of aldehydes is 1. The first-order valence-electron chi connectivity index (χ1n) is 12.6.